The fourth-order valence-electron chi connectivity index (χ4n) is 5.21. The van der Waals surface area contributed by atoms with Crippen molar-refractivity contribution in [3.8, 4) is 0 Å². The van der Waals surface area contributed by atoms with Gasteiger partial charge in [-0.1, -0.05) is 13.2 Å². The van der Waals surface area contributed by atoms with E-state index in [4.69, 9.17) is 9.47 Å². The molecule has 5 unspecified atom stereocenters. The van der Waals surface area contributed by atoms with Crippen molar-refractivity contribution in [1.29, 1.82) is 0 Å². The number of hydrogen-bond donors (Lipinski definition) is 0. The molecule has 0 aliphatic heterocycles. The Morgan fingerprint density at radius 1 is 1.14 bits per heavy atom. The highest BCUT2D eigenvalue weighted by Gasteiger charge is 2.60. The molecule has 3 aliphatic carbocycles. The van der Waals surface area contributed by atoms with Gasteiger partial charge < -0.3 is 9.47 Å². The van der Waals surface area contributed by atoms with Crippen LogP contribution in [0.4, 0.5) is 0 Å². The molecule has 2 bridgehead atoms. The highest BCUT2D eigenvalue weighted by atomic mass is 16.5. The van der Waals surface area contributed by atoms with Gasteiger partial charge in [0, 0.05) is 17.6 Å². The van der Waals surface area contributed by atoms with Gasteiger partial charge in [-0.15, -0.1) is 0 Å². The van der Waals surface area contributed by atoms with E-state index in [-0.39, 0.29) is 17.4 Å². The Morgan fingerprint density at radius 3 is 2.59 bits per heavy atom. The molecule has 0 N–H and O–H groups in total. The largest absolute Gasteiger partial charge is 0.462 e. The summed E-state index contributed by atoms with van der Waals surface area (Å²) in [4.78, 5) is 22.6. The summed E-state index contributed by atoms with van der Waals surface area (Å²) in [7, 11) is 0. The number of esters is 2. The summed E-state index contributed by atoms with van der Waals surface area (Å²) in [6.45, 7) is 7.90. The lowest BCUT2D eigenvalue weighted by Gasteiger charge is -2.35. The summed E-state index contributed by atoms with van der Waals surface area (Å²) < 4.78 is 10.6. The lowest BCUT2D eigenvalue weighted by Crippen LogP contribution is -2.33. The molecule has 0 amide bonds. The highest BCUT2D eigenvalue weighted by Crippen LogP contribution is 2.66. The molecule has 3 saturated carbocycles. The number of ether oxygens (including phenoxy) is 2. The Kier molecular flexibility index (Phi) is 4.11. The molecule has 0 aromatic rings. The number of fused-ring (bicyclic) bond motifs is 5. The molecule has 5 atom stereocenters. The van der Waals surface area contributed by atoms with Gasteiger partial charge in [-0.05, 0) is 55.8 Å². The van der Waals surface area contributed by atoms with Crippen LogP contribution in [0, 0.1) is 29.1 Å². The second-order valence-electron chi connectivity index (χ2n) is 7.12. The molecule has 3 rings (SSSR count). The zero-order chi connectivity index (χ0) is 15.7. The topological polar surface area (TPSA) is 52.6 Å². The Hall–Kier alpha value is -1.58. The second-order valence-corrected chi connectivity index (χ2v) is 7.12. The van der Waals surface area contributed by atoms with Gasteiger partial charge in [-0.3, -0.25) is 0 Å². The predicted octanol–water partition coefficient (Wildman–Crippen LogP) is 2.89. The molecule has 120 valence electrons. The van der Waals surface area contributed by atoms with Crippen LogP contribution in [-0.4, -0.2) is 25.2 Å². The quantitative estimate of drug-likeness (QED) is 0.559. The first-order chi connectivity index (χ1) is 10.6. The van der Waals surface area contributed by atoms with E-state index >= 15 is 0 Å². The van der Waals surface area contributed by atoms with Gasteiger partial charge >= 0.3 is 11.9 Å². The standard InChI is InChI=1S/C18H24O4/c1-3-16(19)21-10-12-7-14-13-5-6-18(9-13,15(14)8-12)11-22-17(20)4-2/h3-4,12-15H,1-2,5-11H2. The number of rotatable bonds is 6. The maximum atomic E-state index is 11.4. The number of carbonyl (C=O) groups is 2. The van der Waals surface area contributed by atoms with E-state index in [2.05, 4.69) is 13.2 Å². The van der Waals surface area contributed by atoms with Crippen LogP contribution in [0.1, 0.15) is 32.1 Å². The molecule has 0 saturated heterocycles. The third-order valence-electron chi connectivity index (χ3n) is 6.08. The maximum absolute atomic E-state index is 11.4. The molecular weight excluding hydrogens is 280 g/mol. The fourth-order valence-corrected chi connectivity index (χ4v) is 5.21. The van der Waals surface area contributed by atoms with Crippen molar-refractivity contribution in [3.63, 3.8) is 0 Å². The minimum Gasteiger partial charge on any atom is -0.462 e. The molecule has 3 fully saturated rings. The van der Waals surface area contributed by atoms with Crippen LogP contribution in [0.25, 0.3) is 0 Å². The van der Waals surface area contributed by atoms with Gasteiger partial charge in [0.25, 0.3) is 0 Å². The van der Waals surface area contributed by atoms with Gasteiger partial charge in [0.05, 0.1) is 13.2 Å². The molecule has 4 heteroatoms. The molecule has 3 aliphatic rings. The van der Waals surface area contributed by atoms with Crippen LogP contribution in [0.5, 0.6) is 0 Å². The highest BCUT2D eigenvalue weighted by molar-refractivity contribution is 5.81. The Labute approximate surface area is 131 Å². The Balaban J connectivity index is 1.61. The first kappa shape index (κ1) is 15.3. The smallest absolute Gasteiger partial charge is 0.330 e. The van der Waals surface area contributed by atoms with Gasteiger partial charge in [0.1, 0.15) is 0 Å². The first-order valence-electron chi connectivity index (χ1n) is 8.16. The molecule has 0 spiro atoms. The maximum Gasteiger partial charge on any atom is 0.330 e. The van der Waals surface area contributed by atoms with Crippen molar-refractivity contribution in [2.75, 3.05) is 13.2 Å². The average molecular weight is 304 g/mol. The van der Waals surface area contributed by atoms with E-state index < -0.39 is 0 Å². The van der Waals surface area contributed by atoms with Gasteiger partial charge in [0.2, 0.25) is 0 Å². The lowest BCUT2D eigenvalue weighted by molar-refractivity contribution is -0.143. The molecule has 0 aromatic carbocycles. The van der Waals surface area contributed by atoms with Crippen LogP contribution < -0.4 is 0 Å². The van der Waals surface area contributed by atoms with Crippen molar-refractivity contribution in [2.24, 2.45) is 29.1 Å². The molecule has 0 heterocycles. The molecular formula is C18H24O4. The average Bonchev–Trinajstić information content (AvgIpc) is 3.20. The van der Waals surface area contributed by atoms with E-state index in [1.165, 1.54) is 25.0 Å². The van der Waals surface area contributed by atoms with Crippen molar-refractivity contribution in [3.05, 3.63) is 25.3 Å². The molecule has 4 nitrogen and oxygen atoms in total. The zero-order valence-corrected chi connectivity index (χ0v) is 13.0. The Bertz CT molecular complexity index is 497. The van der Waals surface area contributed by atoms with E-state index in [0.717, 1.165) is 25.2 Å². The summed E-state index contributed by atoms with van der Waals surface area (Å²) in [5.41, 5.74) is 0.158. The van der Waals surface area contributed by atoms with E-state index in [9.17, 15) is 9.59 Å². The van der Waals surface area contributed by atoms with Crippen LogP contribution in [0.2, 0.25) is 0 Å². The van der Waals surface area contributed by atoms with Crippen LogP contribution >= 0.6 is 0 Å². The third-order valence-corrected chi connectivity index (χ3v) is 6.08. The van der Waals surface area contributed by atoms with Gasteiger partial charge in [-0.25, -0.2) is 9.59 Å². The summed E-state index contributed by atoms with van der Waals surface area (Å²) in [5.74, 6) is 1.85. The lowest BCUT2D eigenvalue weighted by atomic mass is 9.72. The summed E-state index contributed by atoms with van der Waals surface area (Å²) >= 11 is 0. The number of carbonyl (C=O) groups excluding carboxylic acids is 2. The normalized spacial score (nSPS) is 38.4. The SMILES string of the molecule is C=CC(=O)OCC1CC2C3CCC(COC(=O)C=C)(C3)C2C1. The van der Waals surface area contributed by atoms with Crippen molar-refractivity contribution in [2.45, 2.75) is 32.1 Å². The summed E-state index contributed by atoms with van der Waals surface area (Å²) in [6.07, 6.45) is 8.26. The van der Waals surface area contributed by atoms with Crippen LogP contribution in [0.3, 0.4) is 0 Å². The predicted molar refractivity (Wildman–Crippen MR) is 81.8 cm³/mol. The second kappa shape index (κ2) is 5.90. The van der Waals surface area contributed by atoms with Crippen LogP contribution in [-0.2, 0) is 19.1 Å². The minimum absolute atomic E-state index is 0.158. The van der Waals surface area contributed by atoms with Crippen molar-refractivity contribution < 1.29 is 19.1 Å². The van der Waals surface area contributed by atoms with Crippen molar-refractivity contribution >= 4 is 11.9 Å². The molecule has 22 heavy (non-hydrogen) atoms. The van der Waals surface area contributed by atoms with Gasteiger partial charge in [-0.2, -0.15) is 0 Å². The molecule has 0 radical (unpaired) electrons. The number of hydrogen-bond acceptors (Lipinski definition) is 4. The third kappa shape index (κ3) is 2.59. The van der Waals surface area contributed by atoms with E-state index in [0.29, 0.717) is 31.0 Å². The fraction of sp³-hybridized carbons (Fsp3) is 0.667. The summed E-state index contributed by atoms with van der Waals surface area (Å²) in [5, 5.41) is 0. The minimum atomic E-state index is -0.338. The van der Waals surface area contributed by atoms with E-state index in [1.54, 1.807) is 0 Å². The summed E-state index contributed by atoms with van der Waals surface area (Å²) in [6, 6.07) is 0. The van der Waals surface area contributed by atoms with Crippen LogP contribution in [0.15, 0.2) is 25.3 Å². The monoisotopic (exact) mass is 304 g/mol. The van der Waals surface area contributed by atoms with Crippen molar-refractivity contribution in [1.82, 2.24) is 0 Å². The Morgan fingerprint density at radius 2 is 1.86 bits per heavy atom. The molecule has 0 aromatic heterocycles. The first-order valence-corrected chi connectivity index (χ1v) is 8.16. The van der Waals surface area contributed by atoms with Gasteiger partial charge in [0.15, 0.2) is 0 Å². The van der Waals surface area contributed by atoms with E-state index in [1.807, 2.05) is 0 Å². The zero-order valence-electron chi connectivity index (χ0n) is 13.0.